The van der Waals surface area contributed by atoms with Crippen LogP contribution in [-0.2, 0) is 28.6 Å². The van der Waals surface area contributed by atoms with Crippen molar-refractivity contribution in [2.75, 3.05) is 13.2 Å². The zero-order valence-electron chi connectivity index (χ0n) is 44.2. The maximum absolute atomic E-state index is 12.8. The standard InChI is InChI=1S/C60H110O6/c1-4-7-10-13-16-19-22-25-27-29-30-31-33-35-38-41-44-47-50-53-59(62)65-56-57(55-64-58(61)52-49-46-43-40-37-34-24-21-18-15-12-9-6-3)66-60(63)54-51-48-45-42-39-36-32-28-26-23-20-17-14-11-8-5-2/h29-30,34,37,43,46,57H,4-28,31-33,35-36,38-42,44-45,47-56H2,1-3H3/b30-29+,37-34+,46-43+. The molecule has 0 rings (SSSR count). The predicted molar refractivity (Wildman–Crippen MR) is 284 cm³/mol. The third kappa shape index (κ3) is 52.6. The summed E-state index contributed by atoms with van der Waals surface area (Å²) < 4.78 is 16.8. The molecule has 0 saturated heterocycles. The van der Waals surface area contributed by atoms with Crippen molar-refractivity contribution in [3.63, 3.8) is 0 Å². The Morgan fingerprint density at radius 1 is 0.303 bits per heavy atom. The number of hydrogen-bond donors (Lipinski definition) is 0. The summed E-state index contributed by atoms with van der Waals surface area (Å²) in [5.41, 5.74) is 0. The van der Waals surface area contributed by atoms with Gasteiger partial charge in [-0.3, -0.25) is 14.4 Å². The molecule has 386 valence electrons. The van der Waals surface area contributed by atoms with Gasteiger partial charge in [0.25, 0.3) is 0 Å². The average Bonchev–Trinajstić information content (AvgIpc) is 3.31. The average molecular weight is 928 g/mol. The Morgan fingerprint density at radius 3 is 0.939 bits per heavy atom. The Balaban J connectivity index is 4.37. The van der Waals surface area contributed by atoms with Gasteiger partial charge in [-0.15, -0.1) is 0 Å². The van der Waals surface area contributed by atoms with Crippen LogP contribution in [0.1, 0.15) is 310 Å². The number of allylic oxidation sites excluding steroid dienone is 6. The highest BCUT2D eigenvalue weighted by Gasteiger charge is 2.19. The maximum Gasteiger partial charge on any atom is 0.306 e. The highest BCUT2D eigenvalue weighted by Crippen LogP contribution is 2.16. The van der Waals surface area contributed by atoms with Gasteiger partial charge < -0.3 is 14.2 Å². The summed E-state index contributed by atoms with van der Waals surface area (Å²) in [7, 11) is 0. The van der Waals surface area contributed by atoms with Crippen LogP contribution in [0.5, 0.6) is 0 Å². The van der Waals surface area contributed by atoms with Gasteiger partial charge in [-0.25, -0.2) is 0 Å². The molecule has 0 heterocycles. The fourth-order valence-corrected chi connectivity index (χ4v) is 8.49. The van der Waals surface area contributed by atoms with Crippen LogP contribution >= 0.6 is 0 Å². The minimum Gasteiger partial charge on any atom is -0.462 e. The molecule has 0 bridgehead atoms. The highest BCUT2D eigenvalue weighted by atomic mass is 16.6. The molecule has 0 saturated carbocycles. The van der Waals surface area contributed by atoms with E-state index < -0.39 is 6.10 Å². The monoisotopic (exact) mass is 927 g/mol. The van der Waals surface area contributed by atoms with Gasteiger partial charge in [0.1, 0.15) is 13.2 Å². The largest absolute Gasteiger partial charge is 0.462 e. The van der Waals surface area contributed by atoms with E-state index in [4.69, 9.17) is 14.2 Å². The topological polar surface area (TPSA) is 78.9 Å². The first-order valence-electron chi connectivity index (χ1n) is 29.0. The van der Waals surface area contributed by atoms with Crippen molar-refractivity contribution in [3.05, 3.63) is 36.5 Å². The first-order valence-corrected chi connectivity index (χ1v) is 29.0. The lowest BCUT2D eigenvalue weighted by atomic mass is 10.0. The van der Waals surface area contributed by atoms with Crippen LogP contribution in [0.2, 0.25) is 0 Å². The molecular formula is C60H110O6. The Kier molecular flexibility index (Phi) is 53.2. The van der Waals surface area contributed by atoms with Crippen molar-refractivity contribution in [3.8, 4) is 0 Å². The summed E-state index contributed by atoms with van der Waals surface area (Å²) >= 11 is 0. The van der Waals surface area contributed by atoms with Crippen LogP contribution in [0.25, 0.3) is 0 Å². The third-order valence-electron chi connectivity index (χ3n) is 12.9. The fourth-order valence-electron chi connectivity index (χ4n) is 8.49. The van der Waals surface area contributed by atoms with Crippen molar-refractivity contribution in [1.29, 1.82) is 0 Å². The Hall–Kier alpha value is -2.37. The van der Waals surface area contributed by atoms with E-state index >= 15 is 0 Å². The van der Waals surface area contributed by atoms with Gasteiger partial charge in [-0.1, -0.05) is 263 Å². The number of unbranched alkanes of at least 4 members (excludes halogenated alkanes) is 36. The van der Waals surface area contributed by atoms with Crippen LogP contribution in [0, 0.1) is 0 Å². The van der Waals surface area contributed by atoms with Gasteiger partial charge >= 0.3 is 17.9 Å². The minimum atomic E-state index is -0.793. The van der Waals surface area contributed by atoms with E-state index in [1.165, 1.54) is 212 Å². The second-order valence-electron chi connectivity index (χ2n) is 19.6. The summed E-state index contributed by atoms with van der Waals surface area (Å²) in [5, 5.41) is 0. The van der Waals surface area contributed by atoms with Gasteiger partial charge in [0.15, 0.2) is 6.10 Å². The molecule has 1 atom stereocenters. The van der Waals surface area contributed by atoms with E-state index in [-0.39, 0.29) is 37.5 Å². The number of ether oxygens (including phenoxy) is 3. The Labute approximate surface area is 410 Å². The maximum atomic E-state index is 12.8. The Morgan fingerprint density at radius 2 is 0.576 bits per heavy atom. The first kappa shape index (κ1) is 63.6. The van der Waals surface area contributed by atoms with Gasteiger partial charge in [0.05, 0.1) is 0 Å². The minimum absolute atomic E-state index is 0.0879. The molecule has 0 aliphatic heterocycles. The van der Waals surface area contributed by atoms with Crippen LogP contribution in [-0.4, -0.2) is 37.2 Å². The van der Waals surface area contributed by atoms with Gasteiger partial charge in [0, 0.05) is 19.3 Å². The summed E-state index contributed by atoms with van der Waals surface area (Å²) in [6.45, 7) is 6.62. The van der Waals surface area contributed by atoms with Crippen LogP contribution in [0.15, 0.2) is 36.5 Å². The smallest absolute Gasteiger partial charge is 0.306 e. The molecule has 6 nitrogen and oxygen atoms in total. The molecule has 0 aliphatic rings. The lowest BCUT2D eigenvalue weighted by Crippen LogP contribution is -2.30. The zero-order chi connectivity index (χ0) is 47.9. The molecule has 0 aromatic carbocycles. The number of rotatable bonds is 53. The lowest BCUT2D eigenvalue weighted by molar-refractivity contribution is -0.166. The van der Waals surface area contributed by atoms with Crippen molar-refractivity contribution in [1.82, 2.24) is 0 Å². The summed E-state index contributed by atoms with van der Waals surface area (Å²) in [6, 6.07) is 0. The van der Waals surface area contributed by atoms with Gasteiger partial charge in [-0.05, 0) is 64.2 Å². The van der Waals surface area contributed by atoms with Crippen molar-refractivity contribution >= 4 is 17.9 Å². The Bertz CT molecular complexity index is 1110. The molecule has 0 aliphatic carbocycles. The lowest BCUT2D eigenvalue weighted by Gasteiger charge is -2.18. The fraction of sp³-hybridized carbons (Fsp3) is 0.850. The molecule has 0 aromatic heterocycles. The first-order chi connectivity index (χ1) is 32.5. The molecule has 0 fully saturated rings. The highest BCUT2D eigenvalue weighted by molar-refractivity contribution is 5.71. The van der Waals surface area contributed by atoms with E-state index in [2.05, 4.69) is 51.2 Å². The molecule has 0 amide bonds. The number of carbonyl (C=O) groups excluding carboxylic acids is 3. The summed E-state index contributed by atoms with van der Waals surface area (Å²) in [6.07, 6.45) is 65.8. The molecular weight excluding hydrogens is 817 g/mol. The van der Waals surface area contributed by atoms with Crippen molar-refractivity contribution in [2.45, 2.75) is 316 Å². The molecule has 0 spiro atoms. The molecule has 0 aromatic rings. The predicted octanol–water partition coefficient (Wildman–Crippen LogP) is 19.3. The van der Waals surface area contributed by atoms with E-state index in [1.54, 1.807) is 0 Å². The molecule has 0 N–H and O–H groups in total. The van der Waals surface area contributed by atoms with E-state index in [0.29, 0.717) is 19.3 Å². The second kappa shape index (κ2) is 55.2. The molecule has 66 heavy (non-hydrogen) atoms. The number of carbonyl (C=O) groups is 3. The van der Waals surface area contributed by atoms with E-state index in [0.717, 1.165) is 51.4 Å². The number of esters is 3. The van der Waals surface area contributed by atoms with Crippen LogP contribution < -0.4 is 0 Å². The van der Waals surface area contributed by atoms with E-state index in [9.17, 15) is 14.4 Å². The normalized spacial score (nSPS) is 12.2. The van der Waals surface area contributed by atoms with Gasteiger partial charge in [0.2, 0.25) is 0 Å². The third-order valence-corrected chi connectivity index (χ3v) is 12.9. The van der Waals surface area contributed by atoms with Crippen molar-refractivity contribution in [2.24, 2.45) is 0 Å². The SMILES string of the molecule is CCCCCCCC/C=C/C/C=C/CCC(=O)OCC(COC(=O)CCCCCCCCC/C=C/CCCCCCCCCC)OC(=O)CCCCCCCCCCCCCCCCCC. The molecule has 0 radical (unpaired) electrons. The molecule has 6 heteroatoms. The summed E-state index contributed by atoms with van der Waals surface area (Å²) in [5.74, 6) is -0.945. The van der Waals surface area contributed by atoms with E-state index in [1.807, 2.05) is 6.08 Å². The second-order valence-corrected chi connectivity index (χ2v) is 19.6. The molecule has 1 unspecified atom stereocenters. The van der Waals surface area contributed by atoms with Gasteiger partial charge in [-0.2, -0.15) is 0 Å². The summed E-state index contributed by atoms with van der Waals surface area (Å²) in [4.78, 5) is 38.1. The van der Waals surface area contributed by atoms with Crippen LogP contribution in [0.3, 0.4) is 0 Å². The van der Waals surface area contributed by atoms with Crippen LogP contribution in [0.4, 0.5) is 0 Å². The number of hydrogen-bond acceptors (Lipinski definition) is 6. The zero-order valence-corrected chi connectivity index (χ0v) is 44.2. The quantitative estimate of drug-likeness (QED) is 0.0262. The van der Waals surface area contributed by atoms with Crippen molar-refractivity contribution < 1.29 is 28.6 Å².